The predicted molar refractivity (Wildman–Crippen MR) is 84.3 cm³/mol. The summed E-state index contributed by atoms with van der Waals surface area (Å²) in [7, 11) is -2.12. The van der Waals surface area contributed by atoms with E-state index in [1.165, 1.54) is 13.2 Å². The van der Waals surface area contributed by atoms with Crippen LogP contribution < -0.4 is 9.46 Å². The SMILES string of the molecule is COc1cccc(C(O)CNS(=O)(=O)c2ccccc2C)c1. The number of hydrogen-bond acceptors (Lipinski definition) is 4. The molecule has 6 heteroatoms. The predicted octanol–water partition coefficient (Wildman–Crippen LogP) is 2.02. The van der Waals surface area contributed by atoms with Crippen LogP contribution >= 0.6 is 0 Å². The van der Waals surface area contributed by atoms with Gasteiger partial charge in [0.25, 0.3) is 0 Å². The van der Waals surface area contributed by atoms with Crippen LogP contribution in [-0.4, -0.2) is 27.2 Å². The van der Waals surface area contributed by atoms with E-state index in [1.54, 1.807) is 49.4 Å². The van der Waals surface area contributed by atoms with Crippen molar-refractivity contribution in [3.63, 3.8) is 0 Å². The number of ether oxygens (including phenoxy) is 1. The molecule has 1 unspecified atom stereocenters. The first kappa shape index (κ1) is 16.5. The number of rotatable bonds is 6. The van der Waals surface area contributed by atoms with Crippen LogP contribution in [0.1, 0.15) is 17.2 Å². The molecule has 0 heterocycles. The molecule has 0 amide bonds. The van der Waals surface area contributed by atoms with Gasteiger partial charge in [0.15, 0.2) is 0 Å². The van der Waals surface area contributed by atoms with Crippen LogP contribution in [0.2, 0.25) is 0 Å². The molecule has 2 rings (SSSR count). The van der Waals surface area contributed by atoms with Gasteiger partial charge in [-0.25, -0.2) is 13.1 Å². The second-order valence-corrected chi connectivity index (χ2v) is 6.65. The maximum atomic E-state index is 12.3. The molecule has 0 aliphatic rings. The van der Waals surface area contributed by atoms with Crippen LogP contribution in [0.4, 0.5) is 0 Å². The fourth-order valence-electron chi connectivity index (χ4n) is 2.09. The zero-order chi connectivity index (χ0) is 16.2. The number of sulfonamides is 1. The minimum Gasteiger partial charge on any atom is -0.497 e. The van der Waals surface area contributed by atoms with E-state index in [0.717, 1.165) is 0 Å². The lowest BCUT2D eigenvalue weighted by Gasteiger charge is -2.14. The van der Waals surface area contributed by atoms with Crippen molar-refractivity contribution in [1.29, 1.82) is 0 Å². The Morgan fingerprint density at radius 1 is 1.18 bits per heavy atom. The maximum absolute atomic E-state index is 12.3. The number of hydrogen-bond donors (Lipinski definition) is 2. The zero-order valence-electron chi connectivity index (χ0n) is 12.5. The van der Waals surface area contributed by atoms with Gasteiger partial charge in [-0.15, -0.1) is 0 Å². The number of methoxy groups -OCH3 is 1. The first-order valence-corrected chi connectivity index (χ1v) is 8.29. The van der Waals surface area contributed by atoms with Crippen molar-refractivity contribution >= 4 is 10.0 Å². The third kappa shape index (κ3) is 3.85. The fourth-order valence-corrected chi connectivity index (χ4v) is 3.37. The number of benzene rings is 2. The van der Waals surface area contributed by atoms with Crippen LogP contribution in [0, 0.1) is 6.92 Å². The Kier molecular flexibility index (Phi) is 5.18. The standard InChI is InChI=1S/C16H19NO4S/c1-12-6-3-4-9-16(12)22(19,20)17-11-15(18)13-7-5-8-14(10-13)21-2/h3-10,15,17-18H,11H2,1-2H3. The van der Waals surface area contributed by atoms with Gasteiger partial charge in [0.1, 0.15) is 5.75 Å². The number of aryl methyl sites for hydroxylation is 1. The van der Waals surface area contributed by atoms with Gasteiger partial charge in [-0.2, -0.15) is 0 Å². The maximum Gasteiger partial charge on any atom is 0.240 e. The van der Waals surface area contributed by atoms with Crippen molar-refractivity contribution in [2.45, 2.75) is 17.9 Å². The molecule has 0 bridgehead atoms. The Morgan fingerprint density at radius 2 is 1.91 bits per heavy atom. The van der Waals surface area contributed by atoms with Gasteiger partial charge in [0, 0.05) is 6.54 Å². The highest BCUT2D eigenvalue weighted by Crippen LogP contribution is 2.19. The number of aliphatic hydroxyl groups excluding tert-OH is 1. The second-order valence-electron chi connectivity index (χ2n) is 4.91. The Hall–Kier alpha value is -1.89. The van der Waals surface area contributed by atoms with Gasteiger partial charge in [-0.3, -0.25) is 0 Å². The van der Waals surface area contributed by atoms with Gasteiger partial charge < -0.3 is 9.84 Å². The van der Waals surface area contributed by atoms with Gasteiger partial charge >= 0.3 is 0 Å². The molecule has 0 aromatic heterocycles. The van der Waals surface area contributed by atoms with E-state index in [0.29, 0.717) is 16.9 Å². The van der Waals surface area contributed by atoms with Gasteiger partial charge in [-0.1, -0.05) is 30.3 Å². The van der Waals surface area contributed by atoms with Crippen LogP contribution in [0.5, 0.6) is 5.75 Å². The Balaban J connectivity index is 2.10. The van der Waals surface area contributed by atoms with Crippen molar-refractivity contribution in [1.82, 2.24) is 4.72 Å². The Labute approximate surface area is 130 Å². The highest BCUT2D eigenvalue weighted by atomic mass is 32.2. The summed E-state index contributed by atoms with van der Waals surface area (Å²) in [6.07, 6.45) is -0.950. The molecule has 1 atom stereocenters. The van der Waals surface area contributed by atoms with Gasteiger partial charge in [0.05, 0.1) is 18.1 Å². The van der Waals surface area contributed by atoms with Crippen LogP contribution in [0.15, 0.2) is 53.4 Å². The van der Waals surface area contributed by atoms with Crippen molar-refractivity contribution < 1.29 is 18.3 Å². The molecule has 2 N–H and O–H groups in total. The molecular weight excluding hydrogens is 302 g/mol. The summed E-state index contributed by atoms with van der Waals surface area (Å²) in [5.74, 6) is 0.610. The summed E-state index contributed by atoms with van der Waals surface area (Å²) >= 11 is 0. The minimum atomic E-state index is -3.65. The molecule has 0 radical (unpaired) electrons. The highest BCUT2D eigenvalue weighted by Gasteiger charge is 2.18. The summed E-state index contributed by atoms with van der Waals surface area (Å²) in [5.41, 5.74) is 1.25. The third-order valence-corrected chi connectivity index (χ3v) is 4.91. The Bertz CT molecular complexity index is 743. The summed E-state index contributed by atoms with van der Waals surface area (Å²) in [6, 6.07) is 13.6. The largest absolute Gasteiger partial charge is 0.497 e. The van der Waals surface area contributed by atoms with Crippen LogP contribution in [-0.2, 0) is 10.0 Å². The highest BCUT2D eigenvalue weighted by molar-refractivity contribution is 7.89. The van der Waals surface area contributed by atoms with E-state index in [-0.39, 0.29) is 11.4 Å². The molecule has 2 aromatic carbocycles. The monoisotopic (exact) mass is 321 g/mol. The quantitative estimate of drug-likeness (QED) is 0.853. The zero-order valence-corrected chi connectivity index (χ0v) is 13.3. The Morgan fingerprint density at radius 3 is 2.59 bits per heavy atom. The molecule has 0 aliphatic heterocycles. The first-order chi connectivity index (χ1) is 10.4. The molecule has 0 aliphatic carbocycles. The lowest BCUT2D eigenvalue weighted by atomic mass is 10.1. The molecule has 5 nitrogen and oxygen atoms in total. The van der Waals surface area contributed by atoms with E-state index < -0.39 is 16.1 Å². The smallest absolute Gasteiger partial charge is 0.240 e. The topological polar surface area (TPSA) is 75.6 Å². The number of aliphatic hydroxyl groups is 1. The normalized spacial score (nSPS) is 12.9. The summed E-state index contributed by atoms with van der Waals surface area (Å²) < 4.78 is 32.0. The molecular formula is C16H19NO4S. The average molecular weight is 321 g/mol. The van der Waals surface area contributed by atoms with Crippen molar-refractivity contribution in [2.24, 2.45) is 0 Å². The van der Waals surface area contributed by atoms with E-state index in [2.05, 4.69) is 4.72 Å². The van der Waals surface area contributed by atoms with E-state index >= 15 is 0 Å². The third-order valence-electron chi connectivity index (χ3n) is 3.33. The van der Waals surface area contributed by atoms with Crippen molar-refractivity contribution in [2.75, 3.05) is 13.7 Å². The lowest BCUT2D eigenvalue weighted by molar-refractivity contribution is 0.181. The molecule has 118 valence electrons. The summed E-state index contributed by atoms with van der Waals surface area (Å²) in [6.45, 7) is 1.62. The van der Waals surface area contributed by atoms with Crippen molar-refractivity contribution in [3.05, 3.63) is 59.7 Å². The van der Waals surface area contributed by atoms with Crippen LogP contribution in [0.3, 0.4) is 0 Å². The van der Waals surface area contributed by atoms with E-state index in [9.17, 15) is 13.5 Å². The van der Waals surface area contributed by atoms with Crippen LogP contribution in [0.25, 0.3) is 0 Å². The van der Waals surface area contributed by atoms with Gasteiger partial charge in [0.2, 0.25) is 10.0 Å². The molecule has 22 heavy (non-hydrogen) atoms. The molecule has 0 fully saturated rings. The summed E-state index contributed by atoms with van der Waals surface area (Å²) in [4.78, 5) is 0.216. The first-order valence-electron chi connectivity index (χ1n) is 6.81. The second kappa shape index (κ2) is 6.91. The fraction of sp³-hybridized carbons (Fsp3) is 0.250. The molecule has 0 saturated heterocycles. The molecule has 0 saturated carbocycles. The van der Waals surface area contributed by atoms with E-state index in [4.69, 9.17) is 4.74 Å². The lowest BCUT2D eigenvalue weighted by Crippen LogP contribution is -2.29. The summed E-state index contributed by atoms with van der Waals surface area (Å²) in [5, 5.41) is 10.1. The molecule has 2 aromatic rings. The van der Waals surface area contributed by atoms with Gasteiger partial charge in [-0.05, 0) is 36.2 Å². The average Bonchev–Trinajstić information content (AvgIpc) is 2.53. The minimum absolute atomic E-state index is 0.107. The van der Waals surface area contributed by atoms with Crippen molar-refractivity contribution in [3.8, 4) is 5.75 Å². The van der Waals surface area contributed by atoms with E-state index in [1.807, 2.05) is 0 Å². The number of nitrogens with one attached hydrogen (secondary N) is 1. The molecule has 0 spiro atoms.